The van der Waals surface area contributed by atoms with E-state index in [-0.39, 0.29) is 5.91 Å². The van der Waals surface area contributed by atoms with Crippen LogP contribution in [0.2, 0.25) is 0 Å². The first-order valence-corrected chi connectivity index (χ1v) is 8.86. The quantitative estimate of drug-likeness (QED) is 0.838. The number of nitrogens with zero attached hydrogens (tertiary/aromatic N) is 1. The smallest absolute Gasteiger partial charge is 0.254 e. The Morgan fingerprint density at radius 3 is 2.54 bits per heavy atom. The molecule has 1 saturated carbocycles. The monoisotopic (exact) mass is 322 g/mol. The van der Waals surface area contributed by atoms with E-state index in [9.17, 15) is 4.79 Å². The molecule has 2 aromatic rings. The molecule has 1 aliphatic carbocycles. The van der Waals surface area contributed by atoms with E-state index in [1.165, 1.54) is 18.4 Å². The Bertz CT molecular complexity index is 690. The second-order valence-corrected chi connectivity index (χ2v) is 6.75. The van der Waals surface area contributed by atoms with Gasteiger partial charge in [-0.25, -0.2) is 0 Å². The predicted octanol–water partition coefficient (Wildman–Crippen LogP) is 4.20. The second kappa shape index (κ2) is 7.52. The summed E-state index contributed by atoms with van der Waals surface area (Å²) in [6.45, 7) is 2.75. The maximum Gasteiger partial charge on any atom is 0.254 e. The molecule has 2 N–H and O–H groups in total. The van der Waals surface area contributed by atoms with Gasteiger partial charge in [-0.3, -0.25) is 4.79 Å². The number of carbonyl (C=O) groups excluding carboxylic acids is 1. The van der Waals surface area contributed by atoms with Gasteiger partial charge in [0.15, 0.2) is 0 Å². The zero-order chi connectivity index (χ0) is 16.9. The number of benzene rings is 2. The number of rotatable bonds is 5. The fourth-order valence-corrected chi connectivity index (χ4v) is 3.58. The summed E-state index contributed by atoms with van der Waals surface area (Å²) < 4.78 is 0. The Kier molecular flexibility index (Phi) is 5.19. The van der Waals surface area contributed by atoms with Crippen molar-refractivity contribution in [3.05, 3.63) is 65.2 Å². The van der Waals surface area contributed by atoms with E-state index in [0.29, 0.717) is 11.7 Å². The summed E-state index contributed by atoms with van der Waals surface area (Å²) in [5, 5.41) is 0. The molecule has 0 spiro atoms. The Balaban J connectivity index is 1.81. The van der Waals surface area contributed by atoms with Crippen LogP contribution in [0, 0.1) is 6.92 Å². The minimum atomic E-state index is 0.127. The van der Waals surface area contributed by atoms with Gasteiger partial charge in [0.2, 0.25) is 0 Å². The summed E-state index contributed by atoms with van der Waals surface area (Å²) in [4.78, 5) is 15.3. The summed E-state index contributed by atoms with van der Waals surface area (Å²) in [7, 11) is 0. The highest BCUT2D eigenvalue weighted by atomic mass is 16.2. The Morgan fingerprint density at radius 1 is 1.12 bits per heavy atom. The molecule has 3 nitrogen and oxygen atoms in total. The van der Waals surface area contributed by atoms with Gasteiger partial charge >= 0.3 is 0 Å². The Hall–Kier alpha value is -2.29. The third kappa shape index (κ3) is 3.78. The van der Waals surface area contributed by atoms with Crippen LogP contribution in [0.5, 0.6) is 0 Å². The largest absolute Gasteiger partial charge is 0.399 e. The fraction of sp³-hybridized carbons (Fsp3) is 0.381. The number of aryl methyl sites for hydroxylation is 1. The van der Waals surface area contributed by atoms with Crippen LogP contribution >= 0.6 is 0 Å². The van der Waals surface area contributed by atoms with Crippen LogP contribution in [0.4, 0.5) is 5.69 Å². The minimum Gasteiger partial charge on any atom is -0.399 e. The summed E-state index contributed by atoms with van der Waals surface area (Å²) in [6, 6.07) is 16.4. The second-order valence-electron chi connectivity index (χ2n) is 6.75. The molecule has 0 saturated heterocycles. The molecular weight excluding hydrogens is 296 g/mol. The molecule has 0 atom stereocenters. The van der Waals surface area contributed by atoms with Crippen LogP contribution < -0.4 is 5.73 Å². The maximum absolute atomic E-state index is 13.2. The molecule has 2 aromatic carbocycles. The summed E-state index contributed by atoms with van der Waals surface area (Å²) >= 11 is 0. The van der Waals surface area contributed by atoms with Gasteiger partial charge in [-0.2, -0.15) is 0 Å². The molecule has 0 bridgehead atoms. The molecule has 1 amide bonds. The van der Waals surface area contributed by atoms with Crippen molar-refractivity contribution < 1.29 is 4.79 Å². The highest BCUT2D eigenvalue weighted by molar-refractivity contribution is 5.96. The van der Waals surface area contributed by atoms with Gasteiger partial charge in [-0.1, -0.05) is 49.2 Å². The standard InChI is InChI=1S/C21H26N2O/c1-16-11-12-18(22)15-20(16)21(24)23(19-9-5-6-10-19)14-13-17-7-3-2-4-8-17/h2-4,7-8,11-12,15,19H,5-6,9-10,13-14,22H2,1H3. The molecule has 0 aromatic heterocycles. The van der Waals surface area contributed by atoms with Gasteiger partial charge in [0, 0.05) is 23.8 Å². The van der Waals surface area contributed by atoms with Crippen LogP contribution in [0.15, 0.2) is 48.5 Å². The van der Waals surface area contributed by atoms with E-state index in [1.54, 1.807) is 0 Å². The minimum absolute atomic E-state index is 0.127. The lowest BCUT2D eigenvalue weighted by atomic mass is 10.0. The third-order valence-corrected chi connectivity index (χ3v) is 5.00. The Morgan fingerprint density at radius 2 is 1.83 bits per heavy atom. The zero-order valence-corrected chi connectivity index (χ0v) is 14.4. The summed E-state index contributed by atoms with van der Waals surface area (Å²) in [5.74, 6) is 0.127. The fourth-order valence-electron chi connectivity index (χ4n) is 3.58. The van der Waals surface area contributed by atoms with Gasteiger partial charge in [0.25, 0.3) is 5.91 Å². The first kappa shape index (κ1) is 16.6. The number of nitrogen functional groups attached to an aromatic ring is 1. The topological polar surface area (TPSA) is 46.3 Å². The van der Waals surface area contributed by atoms with Crippen molar-refractivity contribution in [1.82, 2.24) is 4.90 Å². The SMILES string of the molecule is Cc1ccc(N)cc1C(=O)N(CCc1ccccc1)C1CCCC1. The number of amides is 1. The highest BCUT2D eigenvalue weighted by Crippen LogP contribution is 2.26. The summed E-state index contributed by atoms with van der Waals surface area (Å²) in [5.41, 5.74) is 9.58. The van der Waals surface area contributed by atoms with Crippen LogP contribution in [0.1, 0.15) is 47.2 Å². The van der Waals surface area contributed by atoms with E-state index in [4.69, 9.17) is 5.73 Å². The van der Waals surface area contributed by atoms with Crippen molar-refractivity contribution in [3.63, 3.8) is 0 Å². The van der Waals surface area contributed by atoms with E-state index in [1.807, 2.05) is 31.2 Å². The van der Waals surface area contributed by atoms with Crippen molar-refractivity contribution in [3.8, 4) is 0 Å². The molecule has 0 unspecified atom stereocenters. The van der Waals surface area contributed by atoms with E-state index in [0.717, 1.165) is 36.9 Å². The van der Waals surface area contributed by atoms with Crippen LogP contribution in [0.3, 0.4) is 0 Å². The molecule has 0 radical (unpaired) electrons. The van der Waals surface area contributed by atoms with Gasteiger partial charge in [-0.05, 0) is 49.4 Å². The average Bonchev–Trinajstić information content (AvgIpc) is 3.12. The predicted molar refractivity (Wildman–Crippen MR) is 99.0 cm³/mol. The van der Waals surface area contributed by atoms with Crippen molar-refractivity contribution in [2.24, 2.45) is 0 Å². The normalized spacial score (nSPS) is 14.7. The van der Waals surface area contributed by atoms with Crippen molar-refractivity contribution >= 4 is 11.6 Å². The molecule has 0 aliphatic heterocycles. The first-order valence-electron chi connectivity index (χ1n) is 8.86. The van der Waals surface area contributed by atoms with Crippen molar-refractivity contribution in [1.29, 1.82) is 0 Å². The average molecular weight is 322 g/mol. The first-order chi connectivity index (χ1) is 11.6. The number of anilines is 1. The molecule has 3 heteroatoms. The molecule has 1 fully saturated rings. The molecule has 24 heavy (non-hydrogen) atoms. The van der Waals surface area contributed by atoms with Crippen LogP contribution in [-0.4, -0.2) is 23.4 Å². The third-order valence-electron chi connectivity index (χ3n) is 5.00. The van der Waals surface area contributed by atoms with Gasteiger partial charge in [0.1, 0.15) is 0 Å². The number of nitrogens with two attached hydrogens (primary N) is 1. The van der Waals surface area contributed by atoms with Gasteiger partial charge < -0.3 is 10.6 Å². The molecule has 3 rings (SSSR count). The van der Waals surface area contributed by atoms with Crippen LogP contribution in [-0.2, 0) is 6.42 Å². The highest BCUT2D eigenvalue weighted by Gasteiger charge is 2.28. The lowest BCUT2D eigenvalue weighted by Gasteiger charge is -2.30. The van der Waals surface area contributed by atoms with Gasteiger partial charge in [0.05, 0.1) is 0 Å². The molecule has 126 valence electrons. The van der Waals surface area contributed by atoms with Crippen molar-refractivity contribution in [2.45, 2.75) is 45.1 Å². The number of hydrogen-bond acceptors (Lipinski definition) is 2. The Labute approximate surface area is 144 Å². The number of carbonyl (C=O) groups is 1. The molecule has 0 heterocycles. The van der Waals surface area contributed by atoms with Gasteiger partial charge in [-0.15, -0.1) is 0 Å². The van der Waals surface area contributed by atoms with Crippen LogP contribution in [0.25, 0.3) is 0 Å². The van der Waals surface area contributed by atoms with E-state index < -0.39 is 0 Å². The number of hydrogen-bond donors (Lipinski definition) is 1. The zero-order valence-electron chi connectivity index (χ0n) is 14.4. The molecular formula is C21H26N2O. The van der Waals surface area contributed by atoms with Crippen molar-refractivity contribution in [2.75, 3.05) is 12.3 Å². The van der Waals surface area contributed by atoms with E-state index >= 15 is 0 Å². The maximum atomic E-state index is 13.2. The van der Waals surface area contributed by atoms with E-state index in [2.05, 4.69) is 29.2 Å². The summed E-state index contributed by atoms with van der Waals surface area (Å²) in [6.07, 6.45) is 5.56. The lowest BCUT2D eigenvalue weighted by molar-refractivity contribution is 0.0683. The lowest BCUT2D eigenvalue weighted by Crippen LogP contribution is -2.40. The molecule has 1 aliphatic rings.